The molecule has 2 rings (SSSR count). The first-order valence-electron chi connectivity index (χ1n) is 4.66. The molecule has 0 saturated carbocycles. The topological polar surface area (TPSA) is 62.3 Å². The lowest BCUT2D eigenvalue weighted by Gasteiger charge is -2.04. The number of aromatic nitrogens is 1. The summed E-state index contributed by atoms with van der Waals surface area (Å²) in [5, 5.41) is 10.6. The summed E-state index contributed by atoms with van der Waals surface area (Å²) in [7, 11) is 1.24. The highest BCUT2D eigenvalue weighted by molar-refractivity contribution is 9.10. The summed E-state index contributed by atoms with van der Waals surface area (Å²) in [6, 6.07) is 7.38. The van der Waals surface area contributed by atoms with Crippen LogP contribution in [0.3, 0.4) is 0 Å². The van der Waals surface area contributed by atoms with Crippen molar-refractivity contribution in [3.8, 4) is 0 Å². The van der Waals surface area contributed by atoms with Crippen molar-refractivity contribution in [3.63, 3.8) is 0 Å². The van der Waals surface area contributed by atoms with Gasteiger partial charge >= 0.3 is 5.97 Å². The maximum atomic E-state index is 11.2. The summed E-state index contributed by atoms with van der Waals surface area (Å²) in [5.41, 5.74) is 1.27. The number of benzene rings is 1. The Balaban J connectivity index is 2.47. The van der Waals surface area contributed by atoms with E-state index in [-0.39, 0.29) is 0 Å². The lowest BCUT2D eigenvalue weighted by molar-refractivity contribution is -0.150. The average Bonchev–Trinajstić information content (AvgIpc) is 2.72. The molecule has 2 N–H and O–H groups in total. The Morgan fingerprint density at radius 2 is 2.31 bits per heavy atom. The summed E-state index contributed by atoms with van der Waals surface area (Å²) in [4.78, 5) is 14.2. The molecule has 0 radical (unpaired) electrons. The lowest BCUT2D eigenvalue weighted by atomic mass is 10.2. The van der Waals surface area contributed by atoms with E-state index in [9.17, 15) is 9.90 Å². The molecule has 0 aliphatic carbocycles. The van der Waals surface area contributed by atoms with Gasteiger partial charge in [-0.15, -0.1) is 0 Å². The fourth-order valence-corrected chi connectivity index (χ4v) is 2.01. The number of aliphatic hydroxyl groups excluding tert-OH is 1. The van der Waals surface area contributed by atoms with Crippen LogP contribution in [0.25, 0.3) is 10.9 Å². The fourth-order valence-electron chi connectivity index (χ4n) is 1.53. The van der Waals surface area contributed by atoms with Gasteiger partial charge in [0.25, 0.3) is 0 Å². The summed E-state index contributed by atoms with van der Waals surface area (Å²) < 4.78 is 5.35. The van der Waals surface area contributed by atoms with Crippen LogP contribution in [0.2, 0.25) is 0 Å². The molecule has 0 spiro atoms. The van der Waals surface area contributed by atoms with Crippen molar-refractivity contribution in [3.05, 3.63) is 34.4 Å². The average molecular weight is 284 g/mol. The van der Waals surface area contributed by atoms with Crippen LogP contribution < -0.4 is 0 Å². The largest absolute Gasteiger partial charge is 0.467 e. The van der Waals surface area contributed by atoms with Crippen molar-refractivity contribution >= 4 is 32.8 Å². The molecule has 1 unspecified atom stereocenters. The molecule has 0 saturated heterocycles. The van der Waals surface area contributed by atoms with Crippen molar-refractivity contribution in [2.24, 2.45) is 0 Å². The number of methoxy groups -OCH3 is 1. The number of esters is 1. The molecule has 0 aliphatic rings. The van der Waals surface area contributed by atoms with E-state index in [0.29, 0.717) is 5.69 Å². The number of nitrogens with one attached hydrogen (secondary N) is 1. The Morgan fingerprint density at radius 3 is 2.94 bits per heavy atom. The normalized spacial score (nSPS) is 12.7. The Kier molecular flexibility index (Phi) is 2.98. The first-order valence-corrected chi connectivity index (χ1v) is 5.46. The van der Waals surface area contributed by atoms with E-state index < -0.39 is 12.1 Å². The number of aromatic amines is 1. The summed E-state index contributed by atoms with van der Waals surface area (Å²) >= 11 is 3.38. The van der Waals surface area contributed by atoms with Crippen molar-refractivity contribution in [2.75, 3.05) is 7.11 Å². The van der Waals surface area contributed by atoms with E-state index in [0.717, 1.165) is 15.4 Å². The minimum Gasteiger partial charge on any atom is -0.467 e. The number of rotatable bonds is 2. The van der Waals surface area contributed by atoms with Crippen LogP contribution in [0.1, 0.15) is 11.8 Å². The number of ether oxygens (including phenoxy) is 1. The van der Waals surface area contributed by atoms with Crippen LogP contribution in [0.5, 0.6) is 0 Å². The van der Waals surface area contributed by atoms with Crippen LogP contribution >= 0.6 is 15.9 Å². The van der Waals surface area contributed by atoms with Crippen LogP contribution in [-0.2, 0) is 9.53 Å². The number of para-hydroxylation sites is 1. The number of carbonyl (C=O) groups is 1. The summed E-state index contributed by atoms with van der Waals surface area (Å²) in [6.45, 7) is 0. The van der Waals surface area contributed by atoms with Gasteiger partial charge < -0.3 is 14.8 Å². The van der Waals surface area contributed by atoms with Crippen molar-refractivity contribution in [2.45, 2.75) is 6.10 Å². The lowest BCUT2D eigenvalue weighted by Crippen LogP contribution is -2.13. The molecule has 1 aromatic heterocycles. The van der Waals surface area contributed by atoms with Gasteiger partial charge in [-0.2, -0.15) is 0 Å². The molecule has 0 aliphatic heterocycles. The highest BCUT2D eigenvalue weighted by Crippen LogP contribution is 2.26. The zero-order valence-corrected chi connectivity index (χ0v) is 10.1. The SMILES string of the molecule is COC(=O)C(O)c1cc2cccc(Br)c2[nH]1. The van der Waals surface area contributed by atoms with Crippen molar-refractivity contribution in [1.82, 2.24) is 4.98 Å². The number of hydrogen-bond acceptors (Lipinski definition) is 3. The van der Waals surface area contributed by atoms with Gasteiger partial charge in [0, 0.05) is 9.86 Å². The molecular formula is C11H10BrNO3. The Morgan fingerprint density at radius 1 is 1.56 bits per heavy atom. The molecule has 16 heavy (non-hydrogen) atoms. The molecule has 1 heterocycles. The maximum absolute atomic E-state index is 11.2. The van der Waals surface area contributed by atoms with Gasteiger partial charge in [0.05, 0.1) is 18.3 Å². The Labute approximate surface area is 100 Å². The van der Waals surface area contributed by atoms with Gasteiger partial charge in [0.2, 0.25) is 0 Å². The maximum Gasteiger partial charge on any atom is 0.340 e. The van der Waals surface area contributed by atoms with Crippen molar-refractivity contribution in [1.29, 1.82) is 0 Å². The molecule has 0 fully saturated rings. The van der Waals surface area contributed by atoms with Crippen LogP contribution in [0, 0.1) is 0 Å². The number of hydrogen-bond donors (Lipinski definition) is 2. The number of carbonyl (C=O) groups excluding carboxylic acids is 1. The van der Waals surface area contributed by atoms with Crippen LogP contribution in [-0.4, -0.2) is 23.2 Å². The van der Waals surface area contributed by atoms with Gasteiger partial charge in [-0.25, -0.2) is 4.79 Å². The van der Waals surface area contributed by atoms with E-state index in [1.54, 1.807) is 6.07 Å². The minimum atomic E-state index is -1.27. The third-order valence-corrected chi connectivity index (χ3v) is 3.01. The van der Waals surface area contributed by atoms with Gasteiger partial charge in [0.1, 0.15) is 0 Å². The molecule has 0 amide bonds. The second-order valence-corrected chi connectivity index (χ2v) is 4.21. The smallest absolute Gasteiger partial charge is 0.340 e. The van der Waals surface area contributed by atoms with Gasteiger partial charge in [-0.05, 0) is 28.1 Å². The third kappa shape index (κ3) is 1.83. The monoisotopic (exact) mass is 283 g/mol. The first kappa shape index (κ1) is 11.2. The van der Waals surface area contributed by atoms with Crippen molar-refractivity contribution < 1.29 is 14.6 Å². The summed E-state index contributed by atoms with van der Waals surface area (Å²) in [6.07, 6.45) is -1.27. The van der Waals surface area contributed by atoms with Gasteiger partial charge in [-0.3, -0.25) is 0 Å². The quantitative estimate of drug-likeness (QED) is 0.830. The predicted molar refractivity (Wildman–Crippen MR) is 63.0 cm³/mol. The molecule has 4 nitrogen and oxygen atoms in total. The highest BCUT2D eigenvalue weighted by Gasteiger charge is 2.20. The van der Waals surface area contributed by atoms with E-state index in [4.69, 9.17) is 0 Å². The standard InChI is InChI=1S/C11H10BrNO3/c1-16-11(15)10(14)8-5-6-3-2-4-7(12)9(6)13-8/h2-5,10,13-14H,1H3. The fraction of sp³-hybridized carbons (Fsp3) is 0.182. The zero-order valence-electron chi connectivity index (χ0n) is 8.53. The Bertz CT molecular complexity index is 535. The van der Waals surface area contributed by atoms with Gasteiger partial charge in [-0.1, -0.05) is 12.1 Å². The molecule has 84 valence electrons. The third-order valence-electron chi connectivity index (χ3n) is 2.35. The molecule has 5 heteroatoms. The highest BCUT2D eigenvalue weighted by atomic mass is 79.9. The molecule has 0 bridgehead atoms. The second kappa shape index (κ2) is 4.27. The minimum absolute atomic E-state index is 0.425. The second-order valence-electron chi connectivity index (χ2n) is 3.35. The molecule has 2 aromatic rings. The number of fused-ring (bicyclic) bond motifs is 1. The first-order chi connectivity index (χ1) is 7.63. The summed E-state index contributed by atoms with van der Waals surface area (Å²) in [5.74, 6) is -0.678. The van der Waals surface area contributed by atoms with Crippen LogP contribution in [0.4, 0.5) is 0 Å². The van der Waals surface area contributed by atoms with E-state index in [1.807, 2.05) is 18.2 Å². The van der Waals surface area contributed by atoms with E-state index >= 15 is 0 Å². The van der Waals surface area contributed by atoms with E-state index in [1.165, 1.54) is 7.11 Å². The predicted octanol–water partition coefficient (Wildman–Crippen LogP) is 2.14. The number of halogens is 1. The van der Waals surface area contributed by atoms with Crippen LogP contribution in [0.15, 0.2) is 28.7 Å². The van der Waals surface area contributed by atoms with E-state index in [2.05, 4.69) is 25.7 Å². The molecular weight excluding hydrogens is 274 g/mol. The zero-order chi connectivity index (χ0) is 11.7. The molecule has 1 aromatic carbocycles. The Hall–Kier alpha value is -1.33. The number of aliphatic hydroxyl groups is 1. The van der Waals surface area contributed by atoms with Gasteiger partial charge in [0.15, 0.2) is 6.10 Å². The molecule has 1 atom stereocenters. The number of H-pyrrole nitrogens is 1.